The number of nitrogens with one attached hydrogen (secondary N) is 1. The van der Waals surface area contributed by atoms with E-state index in [2.05, 4.69) is 10.2 Å². The summed E-state index contributed by atoms with van der Waals surface area (Å²) < 4.78 is 37.2. The number of piperidine rings is 1. The van der Waals surface area contributed by atoms with Gasteiger partial charge < -0.3 is 19.7 Å². The Hall–Kier alpha value is -2.34. The molecule has 2 aromatic rings. The molecule has 0 amide bonds. The number of ether oxygens (including phenoxy) is 2. The molecule has 0 aliphatic carbocycles. The number of nitrogens with zero attached hydrogens (tertiary/aromatic N) is 1. The van der Waals surface area contributed by atoms with Gasteiger partial charge in [-0.25, -0.2) is 8.78 Å². The summed E-state index contributed by atoms with van der Waals surface area (Å²) in [6.07, 6.45) is 1.87. The summed E-state index contributed by atoms with van der Waals surface area (Å²) >= 11 is 0. The zero-order chi connectivity index (χ0) is 18.5. The molecule has 4 nitrogen and oxygen atoms in total. The zero-order valence-electron chi connectivity index (χ0n) is 15.1. The van der Waals surface area contributed by atoms with E-state index in [0.29, 0.717) is 12.6 Å². The molecule has 26 heavy (non-hydrogen) atoms. The summed E-state index contributed by atoms with van der Waals surface area (Å²) in [6.45, 7) is 2.30. The van der Waals surface area contributed by atoms with Crippen LogP contribution in [0.15, 0.2) is 36.4 Å². The maximum atomic E-state index is 13.4. The standard InChI is InChI=1S/C20H24F2N2O2/c1-25-17-4-6-20(26-2)14(11-17)13-23-15-7-9-24(10-8-15)16-3-5-18(21)19(22)12-16/h3-6,11-12,15,23H,7-10,13H2,1-2H3. The second-order valence-electron chi connectivity index (χ2n) is 6.42. The Bertz CT molecular complexity index is 747. The molecule has 3 rings (SSSR count). The van der Waals surface area contributed by atoms with Crippen LogP contribution in [0.3, 0.4) is 0 Å². The summed E-state index contributed by atoms with van der Waals surface area (Å²) in [7, 11) is 3.30. The minimum absolute atomic E-state index is 0.368. The van der Waals surface area contributed by atoms with Crippen molar-refractivity contribution in [1.82, 2.24) is 5.32 Å². The van der Waals surface area contributed by atoms with Crippen LogP contribution in [0.25, 0.3) is 0 Å². The van der Waals surface area contributed by atoms with Gasteiger partial charge in [0.05, 0.1) is 14.2 Å². The number of benzene rings is 2. The van der Waals surface area contributed by atoms with Gasteiger partial charge in [0.2, 0.25) is 0 Å². The summed E-state index contributed by atoms with van der Waals surface area (Å²) in [5, 5.41) is 3.56. The highest BCUT2D eigenvalue weighted by Crippen LogP contribution is 2.25. The van der Waals surface area contributed by atoms with Gasteiger partial charge in [-0.15, -0.1) is 0 Å². The maximum absolute atomic E-state index is 13.4. The van der Waals surface area contributed by atoms with Crippen LogP contribution < -0.4 is 19.7 Å². The van der Waals surface area contributed by atoms with Gasteiger partial charge in [0, 0.05) is 43.0 Å². The maximum Gasteiger partial charge on any atom is 0.160 e. The number of hydrogen-bond acceptors (Lipinski definition) is 4. The van der Waals surface area contributed by atoms with Crippen molar-refractivity contribution < 1.29 is 18.3 Å². The Balaban J connectivity index is 1.55. The lowest BCUT2D eigenvalue weighted by Gasteiger charge is -2.34. The van der Waals surface area contributed by atoms with Crippen molar-refractivity contribution in [3.8, 4) is 11.5 Å². The van der Waals surface area contributed by atoms with E-state index in [1.165, 1.54) is 12.1 Å². The van der Waals surface area contributed by atoms with Crippen LogP contribution in [0, 0.1) is 11.6 Å². The van der Waals surface area contributed by atoms with E-state index in [1.54, 1.807) is 20.3 Å². The Morgan fingerprint density at radius 3 is 2.42 bits per heavy atom. The van der Waals surface area contributed by atoms with E-state index in [9.17, 15) is 8.78 Å². The van der Waals surface area contributed by atoms with Crippen molar-refractivity contribution in [2.45, 2.75) is 25.4 Å². The number of rotatable bonds is 6. The predicted molar refractivity (Wildman–Crippen MR) is 98.0 cm³/mol. The summed E-state index contributed by atoms with van der Waals surface area (Å²) in [5.74, 6) is 0.0266. The Kier molecular flexibility index (Phi) is 5.93. The van der Waals surface area contributed by atoms with E-state index in [0.717, 1.165) is 48.7 Å². The van der Waals surface area contributed by atoms with Gasteiger partial charge in [-0.3, -0.25) is 0 Å². The molecule has 0 radical (unpaired) electrons. The molecular weight excluding hydrogens is 338 g/mol. The first kappa shape index (κ1) is 18.5. The first-order valence-electron chi connectivity index (χ1n) is 8.75. The molecule has 1 aliphatic heterocycles. The van der Waals surface area contributed by atoms with E-state index in [4.69, 9.17) is 9.47 Å². The third-order valence-electron chi connectivity index (χ3n) is 4.83. The van der Waals surface area contributed by atoms with E-state index < -0.39 is 11.6 Å². The molecule has 1 N–H and O–H groups in total. The number of anilines is 1. The van der Waals surface area contributed by atoms with Crippen LogP contribution in [-0.4, -0.2) is 33.4 Å². The highest BCUT2D eigenvalue weighted by atomic mass is 19.2. The number of methoxy groups -OCH3 is 2. The molecule has 2 aromatic carbocycles. The molecule has 0 aromatic heterocycles. The quantitative estimate of drug-likeness (QED) is 0.849. The van der Waals surface area contributed by atoms with Crippen LogP contribution in [0.2, 0.25) is 0 Å². The highest BCUT2D eigenvalue weighted by molar-refractivity contribution is 5.47. The average molecular weight is 362 g/mol. The molecule has 1 fully saturated rings. The van der Waals surface area contributed by atoms with Gasteiger partial charge in [-0.1, -0.05) is 0 Å². The lowest BCUT2D eigenvalue weighted by Crippen LogP contribution is -2.42. The molecule has 1 saturated heterocycles. The number of hydrogen-bond donors (Lipinski definition) is 1. The third kappa shape index (κ3) is 4.25. The molecule has 0 saturated carbocycles. The fraction of sp³-hybridized carbons (Fsp3) is 0.400. The Morgan fingerprint density at radius 1 is 1.00 bits per heavy atom. The van der Waals surface area contributed by atoms with Crippen LogP contribution in [-0.2, 0) is 6.54 Å². The average Bonchev–Trinajstić information content (AvgIpc) is 2.68. The second kappa shape index (κ2) is 8.36. The van der Waals surface area contributed by atoms with Gasteiger partial charge in [0.15, 0.2) is 11.6 Å². The summed E-state index contributed by atoms with van der Waals surface area (Å²) in [5.41, 5.74) is 1.78. The molecule has 0 unspecified atom stereocenters. The lowest BCUT2D eigenvalue weighted by atomic mass is 10.0. The van der Waals surface area contributed by atoms with Crippen molar-refractivity contribution >= 4 is 5.69 Å². The molecule has 1 aliphatic rings. The Labute approximate surface area is 152 Å². The third-order valence-corrected chi connectivity index (χ3v) is 4.83. The van der Waals surface area contributed by atoms with Gasteiger partial charge in [-0.05, 0) is 43.2 Å². The first-order valence-corrected chi connectivity index (χ1v) is 8.75. The highest BCUT2D eigenvalue weighted by Gasteiger charge is 2.20. The van der Waals surface area contributed by atoms with Gasteiger partial charge in [0.1, 0.15) is 11.5 Å². The minimum atomic E-state index is -0.808. The smallest absolute Gasteiger partial charge is 0.160 e. The molecule has 0 atom stereocenters. The molecule has 1 heterocycles. The second-order valence-corrected chi connectivity index (χ2v) is 6.42. The Morgan fingerprint density at radius 2 is 1.77 bits per heavy atom. The lowest BCUT2D eigenvalue weighted by molar-refractivity contribution is 0.385. The summed E-state index contributed by atoms with van der Waals surface area (Å²) in [4.78, 5) is 2.09. The minimum Gasteiger partial charge on any atom is -0.497 e. The first-order chi connectivity index (χ1) is 12.6. The molecule has 140 valence electrons. The van der Waals surface area contributed by atoms with Crippen molar-refractivity contribution in [2.75, 3.05) is 32.2 Å². The molecule has 6 heteroatoms. The van der Waals surface area contributed by atoms with Crippen LogP contribution in [0.1, 0.15) is 18.4 Å². The topological polar surface area (TPSA) is 33.7 Å². The SMILES string of the molecule is COc1ccc(OC)c(CNC2CCN(c3ccc(F)c(F)c3)CC2)c1. The molecular formula is C20H24F2N2O2. The van der Waals surface area contributed by atoms with E-state index in [1.807, 2.05) is 18.2 Å². The van der Waals surface area contributed by atoms with Crippen LogP contribution >= 0.6 is 0 Å². The van der Waals surface area contributed by atoms with Crippen LogP contribution in [0.5, 0.6) is 11.5 Å². The van der Waals surface area contributed by atoms with Crippen LogP contribution in [0.4, 0.5) is 14.5 Å². The summed E-state index contributed by atoms with van der Waals surface area (Å²) in [6, 6.07) is 10.2. The van der Waals surface area contributed by atoms with Gasteiger partial charge in [-0.2, -0.15) is 0 Å². The number of halogens is 2. The van der Waals surface area contributed by atoms with E-state index >= 15 is 0 Å². The van der Waals surface area contributed by atoms with Crippen molar-refractivity contribution in [3.05, 3.63) is 53.6 Å². The van der Waals surface area contributed by atoms with E-state index in [-0.39, 0.29) is 0 Å². The normalized spacial score (nSPS) is 15.2. The van der Waals surface area contributed by atoms with Crippen molar-refractivity contribution in [2.24, 2.45) is 0 Å². The predicted octanol–water partition coefficient (Wildman–Crippen LogP) is 3.74. The molecule has 0 bridgehead atoms. The molecule has 0 spiro atoms. The van der Waals surface area contributed by atoms with Gasteiger partial charge >= 0.3 is 0 Å². The fourth-order valence-electron chi connectivity index (χ4n) is 3.30. The monoisotopic (exact) mass is 362 g/mol. The van der Waals surface area contributed by atoms with Gasteiger partial charge in [0.25, 0.3) is 0 Å². The fourth-order valence-corrected chi connectivity index (χ4v) is 3.30. The zero-order valence-corrected chi connectivity index (χ0v) is 15.1. The largest absolute Gasteiger partial charge is 0.497 e. The van der Waals surface area contributed by atoms with Crippen molar-refractivity contribution in [3.63, 3.8) is 0 Å². The van der Waals surface area contributed by atoms with Crippen molar-refractivity contribution in [1.29, 1.82) is 0 Å².